The molecule has 0 spiro atoms. The number of rotatable bonds is 2. The fraction of sp³-hybridized carbons (Fsp3) is 0.333. The molecule has 0 aliphatic rings. The van der Waals surface area contributed by atoms with Crippen molar-refractivity contribution in [3.05, 3.63) is 42.3 Å². The maximum atomic E-state index is 5.25. The van der Waals surface area contributed by atoms with Crippen LogP contribution in [0.1, 0.15) is 19.4 Å². The van der Waals surface area contributed by atoms with Crippen LogP contribution in [0.15, 0.2) is 30.3 Å². The van der Waals surface area contributed by atoms with Gasteiger partial charge in [-0.05, 0) is 17.9 Å². The molecule has 0 saturated heterocycles. The Morgan fingerprint density at radius 3 is 2.00 bits per heavy atom. The van der Waals surface area contributed by atoms with Crippen LogP contribution in [0, 0.1) is 18.8 Å². The molecule has 0 radical (unpaired) electrons. The molecule has 0 atom stereocenters. The Bertz CT molecular complexity index is 211. The monoisotopic (exact) mass is 166 g/mol. The molecule has 0 bridgehead atoms. The third-order valence-corrected chi connectivity index (χ3v) is 1.49. The van der Waals surface area contributed by atoms with Gasteiger partial charge >= 0.3 is 18.9 Å². The van der Waals surface area contributed by atoms with Crippen LogP contribution in [0.3, 0.4) is 0 Å². The van der Waals surface area contributed by atoms with E-state index >= 15 is 0 Å². The standard InChI is InChI=1S/C10H14.C2H.Li/c1-9(2)8-10-6-4-3-5-7-10;1-2;/h3-7,9H,8H2,1-2H3;1H;/q;-1;+1. The van der Waals surface area contributed by atoms with Gasteiger partial charge in [-0.3, -0.25) is 0 Å². The maximum absolute atomic E-state index is 5.25. The third kappa shape index (κ3) is 7.73. The first-order valence-corrected chi connectivity index (χ1v) is 4.12. The van der Waals surface area contributed by atoms with Gasteiger partial charge in [0.2, 0.25) is 0 Å². The van der Waals surface area contributed by atoms with E-state index < -0.39 is 0 Å². The molecule has 64 valence electrons. The number of hydrogen-bond acceptors (Lipinski definition) is 0. The second-order valence-electron chi connectivity index (χ2n) is 3.08. The van der Waals surface area contributed by atoms with Crippen molar-refractivity contribution in [2.45, 2.75) is 20.3 Å². The van der Waals surface area contributed by atoms with E-state index in [1.54, 1.807) is 0 Å². The smallest absolute Gasteiger partial charge is 0.697 e. The molecule has 0 amide bonds. The van der Waals surface area contributed by atoms with Gasteiger partial charge in [-0.15, -0.1) is 0 Å². The van der Waals surface area contributed by atoms with E-state index in [1.807, 2.05) is 0 Å². The minimum Gasteiger partial charge on any atom is -0.697 e. The molecule has 0 saturated carbocycles. The summed E-state index contributed by atoms with van der Waals surface area (Å²) >= 11 is 0. The quantitative estimate of drug-likeness (QED) is 0.332. The van der Waals surface area contributed by atoms with Crippen molar-refractivity contribution in [1.29, 1.82) is 0 Å². The summed E-state index contributed by atoms with van der Waals surface area (Å²) in [6.07, 6.45) is 10.2. The van der Waals surface area contributed by atoms with Crippen LogP contribution in [-0.4, -0.2) is 0 Å². The van der Waals surface area contributed by atoms with Gasteiger partial charge in [0, 0.05) is 0 Å². The summed E-state index contributed by atoms with van der Waals surface area (Å²) in [4.78, 5) is 0. The van der Waals surface area contributed by atoms with Gasteiger partial charge in [0.1, 0.15) is 0 Å². The molecule has 0 aromatic heterocycles. The third-order valence-electron chi connectivity index (χ3n) is 1.49. The van der Waals surface area contributed by atoms with Gasteiger partial charge in [-0.2, -0.15) is 0 Å². The van der Waals surface area contributed by atoms with Crippen molar-refractivity contribution in [3.63, 3.8) is 0 Å². The molecule has 13 heavy (non-hydrogen) atoms. The molecule has 1 heteroatoms. The van der Waals surface area contributed by atoms with Gasteiger partial charge in [-0.1, -0.05) is 44.2 Å². The Morgan fingerprint density at radius 2 is 1.62 bits per heavy atom. The SMILES string of the molecule is CC(C)Cc1ccccc1.[C-]#C.[Li+]. The minimum atomic E-state index is 0. The zero-order chi connectivity index (χ0) is 9.40. The predicted molar refractivity (Wildman–Crippen MR) is 53.2 cm³/mol. The molecule has 0 nitrogen and oxygen atoms in total. The first-order valence-electron chi connectivity index (χ1n) is 4.12. The van der Waals surface area contributed by atoms with Gasteiger partial charge in [0.05, 0.1) is 0 Å². The summed E-state index contributed by atoms with van der Waals surface area (Å²) < 4.78 is 0. The van der Waals surface area contributed by atoms with Crippen LogP contribution < -0.4 is 18.9 Å². The Labute approximate surface area is 93.9 Å². The fourth-order valence-electron chi connectivity index (χ4n) is 1.09. The Balaban J connectivity index is 0. The van der Waals surface area contributed by atoms with Crippen LogP contribution in [-0.2, 0) is 6.42 Å². The zero-order valence-electron chi connectivity index (χ0n) is 8.75. The first-order chi connectivity index (χ1) is 5.79. The summed E-state index contributed by atoms with van der Waals surface area (Å²) in [5, 5.41) is 0. The summed E-state index contributed by atoms with van der Waals surface area (Å²) in [5.41, 5.74) is 1.44. The molecule has 0 heterocycles. The molecule has 1 rings (SSSR count). The summed E-state index contributed by atoms with van der Waals surface area (Å²) in [6, 6.07) is 10.6. The normalized spacial score (nSPS) is 8.08. The number of benzene rings is 1. The summed E-state index contributed by atoms with van der Waals surface area (Å²) in [6.45, 7) is 4.49. The van der Waals surface area contributed by atoms with Crippen LogP contribution in [0.4, 0.5) is 0 Å². The molecule has 0 unspecified atom stereocenters. The van der Waals surface area contributed by atoms with Gasteiger partial charge in [0.25, 0.3) is 0 Å². The molecular weight excluding hydrogens is 151 g/mol. The molecule has 1 aromatic rings. The van der Waals surface area contributed by atoms with Gasteiger partial charge in [0.15, 0.2) is 0 Å². The van der Waals surface area contributed by atoms with Crippen molar-refractivity contribution in [3.8, 4) is 6.42 Å². The topological polar surface area (TPSA) is 0 Å². The second kappa shape index (κ2) is 9.47. The van der Waals surface area contributed by atoms with Crippen LogP contribution >= 0.6 is 0 Å². The Hall–Kier alpha value is -0.623. The molecule has 0 fully saturated rings. The largest absolute Gasteiger partial charge is 1.00 e. The van der Waals surface area contributed by atoms with Gasteiger partial charge in [-0.25, -0.2) is 0 Å². The van der Waals surface area contributed by atoms with Crippen molar-refractivity contribution < 1.29 is 18.9 Å². The predicted octanol–water partition coefficient (Wildman–Crippen LogP) is 0.0951. The van der Waals surface area contributed by atoms with E-state index in [4.69, 9.17) is 6.42 Å². The van der Waals surface area contributed by atoms with E-state index in [2.05, 4.69) is 50.6 Å². The maximum Gasteiger partial charge on any atom is 1.00 e. The van der Waals surface area contributed by atoms with Crippen molar-refractivity contribution >= 4 is 0 Å². The Morgan fingerprint density at radius 1 is 1.15 bits per heavy atom. The average Bonchev–Trinajstić information content (AvgIpc) is 2.08. The van der Waals surface area contributed by atoms with Crippen LogP contribution in [0.5, 0.6) is 0 Å². The van der Waals surface area contributed by atoms with E-state index in [0.29, 0.717) is 0 Å². The zero-order valence-corrected chi connectivity index (χ0v) is 8.75. The Kier molecular flexibility index (Phi) is 10.8. The summed E-state index contributed by atoms with van der Waals surface area (Å²) in [7, 11) is 0. The molecule has 0 aliphatic carbocycles. The van der Waals surface area contributed by atoms with E-state index in [1.165, 1.54) is 12.0 Å². The average molecular weight is 166 g/mol. The molecule has 0 aliphatic heterocycles. The molecular formula is C12H15Li. The van der Waals surface area contributed by atoms with Crippen molar-refractivity contribution in [1.82, 2.24) is 0 Å². The van der Waals surface area contributed by atoms with Crippen LogP contribution in [0.2, 0.25) is 0 Å². The van der Waals surface area contributed by atoms with Gasteiger partial charge < -0.3 is 12.8 Å². The first kappa shape index (κ1) is 14.9. The van der Waals surface area contributed by atoms with E-state index in [9.17, 15) is 0 Å². The van der Waals surface area contributed by atoms with Crippen molar-refractivity contribution in [2.75, 3.05) is 0 Å². The molecule has 1 aromatic carbocycles. The molecule has 0 N–H and O–H groups in total. The minimum absolute atomic E-state index is 0. The second-order valence-corrected chi connectivity index (χ2v) is 3.08. The van der Waals surface area contributed by atoms with Crippen LogP contribution in [0.25, 0.3) is 0 Å². The number of hydrogen-bond donors (Lipinski definition) is 0. The summed E-state index contributed by atoms with van der Waals surface area (Å²) in [5.74, 6) is 0.766. The van der Waals surface area contributed by atoms with E-state index in [-0.39, 0.29) is 18.9 Å². The van der Waals surface area contributed by atoms with Crippen molar-refractivity contribution in [2.24, 2.45) is 5.92 Å². The number of terminal acetylenes is 1. The van der Waals surface area contributed by atoms with E-state index in [0.717, 1.165) is 5.92 Å². The fourth-order valence-corrected chi connectivity index (χ4v) is 1.09.